The topological polar surface area (TPSA) is 35.6 Å². The van der Waals surface area contributed by atoms with Gasteiger partial charge in [0.1, 0.15) is 11.6 Å². The van der Waals surface area contributed by atoms with Crippen molar-refractivity contribution in [2.45, 2.75) is 31.7 Å². The molecule has 0 saturated carbocycles. The lowest BCUT2D eigenvalue weighted by Crippen LogP contribution is -2.47. The fourth-order valence-corrected chi connectivity index (χ4v) is 4.53. The molecule has 4 nitrogen and oxygen atoms in total. The molecule has 2 aromatic carbocycles. The number of amides is 2. The van der Waals surface area contributed by atoms with Gasteiger partial charge in [-0.15, -0.1) is 0 Å². The zero-order valence-corrected chi connectivity index (χ0v) is 16.0. The summed E-state index contributed by atoms with van der Waals surface area (Å²) in [6.45, 7) is 5.38. The van der Waals surface area contributed by atoms with E-state index >= 15 is 0 Å². The highest BCUT2D eigenvalue weighted by molar-refractivity contribution is 5.95. The van der Waals surface area contributed by atoms with E-state index in [1.165, 1.54) is 12.1 Å². The van der Waals surface area contributed by atoms with E-state index in [1.54, 1.807) is 29.2 Å². The SMILES string of the molecule is CCNC(=O)N1CC2(CCN(Cc3cccc(F)c3)CC2)c2cc(F)ccc21. The molecule has 4 rings (SSSR count). The molecule has 0 aromatic heterocycles. The van der Waals surface area contributed by atoms with Crippen LogP contribution in [0.3, 0.4) is 0 Å². The number of carbonyl (C=O) groups is 1. The first-order valence-electron chi connectivity index (χ1n) is 9.83. The number of urea groups is 1. The van der Waals surface area contributed by atoms with Gasteiger partial charge in [-0.1, -0.05) is 12.1 Å². The molecule has 0 radical (unpaired) electrons. The Hall–Kier alpha value is -2.47. The van der Waals surface area contributed by atoms with Crippen LogP contribution in [-0.4, -0.2) is 37.1 Å². The lowest BCUT2D eigenvalue weighted by molar-refractivity contribution is 0.159. The van der Waals surface area contributed by atoms with Gasteiger partial charge in [-0.3, -0.25) is 9.80 Å². The molecule has 0 atom stereocenters. The molecule has 0 aliphatic carbocycles. The number of fused-ring (bicyclic) bond motifs is 2. The van der Waals surface area contributed by atoms with E-state index in [0.29, 0.717) is 19.6 Å². The van der Waals surface area contributed by atoms with E-state index in [4.69, 9.17) is 0 Å². The van der Waals surface area contributed by atoms with E-state index in [0.717, 1.165) is 42.7 Å². The van der Waals surface area contributed by atoms with Gasteiger partial charge in [0, 0.05) is 30.7 Å². The van der Waals surface area contributed by atoms with Gasteiger partial charge in [0.2, 0.25) is 0 Å². The molecule has 0 unspecified atom stereocenters. The first kappa shape index (κ1) is 18.9. The second kappa shape index (κ2) is 7.51. The number of anilines is 1. The van der Waals surface area contributed by atoms with Crippen LogP contribution in [0.25, 0.3) is 0 Å². The second-order valence-corrected chi connectivity index (χ2v) is 7.77. The Morgan fingerprint density at radius 3 is 2.57 bits per heavy atom. The number of benzene rings is 2. The van der Waals surface area contributed by atoms with E-state index in [2.05, 4.69) is 10.2 Å². The third kappa shape index (κ3) is 3.49. The Kier molecular flexibility index (Phi) is 5.06. The molecule has 1 saturated heterocycles. The summed E-state index contributed by atoms with van der Waals surface area (Å²) < 4.78 is 27.5. The van der Waals surface area contributed by atoms with Gasteiger partial charge in [-0.25, -0.2) is 13.6 Å². The van der Waals surface area contributed by atoms with Gasteiger partial charge < -0.3 is 5.32 Å². The average molecular weight is 385 g/mol. The number of likely N-dealkylation sites (tertiary alicyclic amines) is 1. The summed E-state index contributed by atoms with van der Waals surface area (Å²) in [4.78, 5) is 16.6. The molecule has 2 heterocycles. The Bertz CT molecular complexity index is 878. The maximum atomic E-state index is 14.0. The highest BCUT2D eigenvalue weighted by atomic mass is 19.1. The Morgan fingerprint density at radius 1 is 1.11 bits per heavy atom. The van der Waals surface area contributed by atoms with Gasteiger partial charge in [0.15, 0.2) is 0 Å². The zero-order chi connectivity index (χ0) is 19.7. The number of hydrogen-bond acceptors (Lipinski definition) is 2. The molecule has 2 amide bonds. The minimum atomic E-state index is -0.266. The van der Waals surface area contributed by atoms with E-state index in [-0.39, 0.29) is 23.1 Å². The van der Waals surface area contributed by atoms with Gasteiger partial charge in [-0.05, 0) is 74.3 Å². The van der Waals surface area contributed by atoms with Crippen LogP contribution in [0.2, 0.25) is 0 Å². The third-order valence-electron chi connectivity index (χ3n) is 5.96. The van der Waals surface area contributed by atoms with Crippen LogP contribution in [0.15, 0.2) is 42.5 Å². The minimum absolute atomic E-state index is 0.130. The van der Waals surface area contributed by atoms with E-state index in [9.17, 15) is 13.6 Å². The maximum absolute atomic E-state index is 14.0. The Labute approximate surface area is 164 Å². The van der Waals surface area contributed by atoms with Crippen molar-refractivity contribution in [1.82, 2.24) is 10.2 Å². The van der Waals surface area contributed by atoms with Crippen LogP contribution < -0.4 is 10.2 Å². The summed E-state index contributed by atoms with van der Waals surface area (Å²) in [5.41, 5.74) is 2.48. The molecule has 148 valence electrons. The predicted molar refractivity (Wildman–Crippen MR) is 105 cm³/mol. The van der Waals surface area contributed by atoms with Crippen LogP contribution in [0.4, 0.5) is 19.3 Å². The molecule has 0 bridgehead atoms. The van der Waals surface area contributed by atoms with Crippen LogP contribution in [0.1, 0.15) is 30.9 Å². The largest absolute Gasteiger partial charge is 0.338 e. The average Bonchev–Trinajstić information content (AvgIpc) is 2.98. The molecular formula is C22H25F2N3O. The highest BCUT2D eigenvalue weighted by Gasteiger charge is 2.46. The molecule has 1 N–H and O–H groups in total. The Morgan fingerprint density at radius 2 is 1.86 bits per heavy atom. The minimum Gasteiger partial charge on any atom is -0.338 e. The van der Waals surface area contributed by atoms with Crippen molar-refractivity contribution in [3.05, 3.63) is 65.2 Å². The van der Waals surface area contributed by atoms with E-state index < -0.39 is 0 Å². The smallest absolute Gasteiger partial charge is 0.321 e. The van der Waals surface area contributed by atoms with Gasteiger partial charge in [0.05, 0.1) is 0 Å². The first-order valence-corrected chi connectivity index (χ1v) is 9.83. The number of carbonyl (C=O) groups excluding carboxylic acids is 1. The van der Waals surface area contributed by atoms with E-state index in [1.807, 2.05) is 13.0 Å². The van der Waals surface area contributed by atoms with Gasteiger partial charge in [-0.2, -0.15) is 0 Å². The van der Waals surface area contributed by atoms with Crippen LogP contribution in [-0.2, 0) is 12.0 Å². The fraction of sp³-hybridized carbons (Fsp3) is 0.409. The molecule has 28 heavy (non-hydrogen) atoms. The van der Waals surface area contributed by atoms with Crippen LogP contribution >= 0.6 is 0 Å². The zero-order valence-electron chi connectivity index (χ0n) is 16.0. The monoisotopic (exact) mass is 385 g/mol. The van der Waals surface area contributed by atoms with Crippen molar-refractivity contribution in [3.8, 4) is 0 Å². The quantitative estimate of drug-likeness (QED) is 0.865. The third-order valence-corrected chi connectivity index (χ3v) is 5.96. The number of hydrogen-bond donors (Lipinski definition) is 1. The summed E-state index contributed by atoms with van der Waals surface area (Å²) in [5.74, 6) is -0.484. The van der Waals surface area contributed by atoms with Crippen molar-refractivity contribution >= 4 is 11.7 Å². The van der Waals surface area contributed by atoms with Crippen molar-refractivity contribution in [3.63, 3.8) is 0 Å². The van der Waals surface area contributed by atoms with Crippen LogP contribution in [0.5, 0.6) is 0 Å². The molecular weight excluding hydrogens is 360 g/mol. The maximum Gasteiger partial charge on any atom is 0.321 e. The van der Waals surface area contributed by atoms with Crippen molar-refractivity contribution in [2.75, 3.05) is 31.1 Å². The molecule has 2 aliphatic rings. The number of piperidine rings is 1. The number of nitrogens with one attached hydrogen (secondary N) is 1. The number of rotatable bonds is 3. The number of halogens is 2. The predicted octanol–water partition coefficient (Wildman–Crippen LogP) is 4.05. The Balaban J connectivity index is 1.53. The molecule has 1 spiro atoms. The van der Waals surface area contributed by atoms with Crippen molar-refractivity contribution in [2.24, 2.45) is 0 Å². The van der Waals surface area contributed by atoms with Crippen LogP contribution in [0, 0.1) is 11.6 Å². The summed E-state index contributed by atoms with van der Waals surface area (Å²) >= 11 is 0. The summed E-state index contributed by atoms with van der Waals surface area (Å²) in [6.07, 6.45) is 1.68. The fourth-order valence-electron chi connectivity index (χ4n) is 4.53. The molecule has 6 heteroatoms. The summed E-state index contributed by atoms with van der Waals surface area (Å²) in [6, 6.07) is 11.3. The molecule has 1 fully saturated rings. The summed E-state index contributed by atoms with van der Waals surface area (Å²) in [7, 11) is 0. The summed E-state index contributed by atoms with van der Waals surface area (Å²) in [5, 5.41) is 2.86. The van der Waals surface area contributed by atoms with Gasteiger partial charge >= 0.3 is 6.03 Å². The van der Waals surface area contributed by atoms with Crippen molar-refractivity contribution < 1.29 is 13.6 Å². The second-order valence-electron chi connectivity index (χ2n) is 7.77. The van der Waals surface area contributed by atoms with Crippen molar-refractivity contribution in [1.29, 1.82) is 0 Å². The standard InChI is InChI=1S/C22H25F2N3O/c1-2-25-21(28)27-15-22(19-13-18(24)6-7-20(19)27)8-10-26(11-9-22)14-16-4-3-5-17(23)12-16/h3-7,12-13H,2,8-11,14-15H2,1H3,(H,25,28). The molecule has 2 aliphatic heterocycles. The normalized spacial score (nSPS) is 18.3. The highest BCUT2D eigenvalue weighted by Crippen LogP contribution is 2.47. The lowest BCUT2D eigenvalue weighted by atomic mass is 9.74. The number of nitrogens with zero attached hydrogens (tertiary/aromatic N) is 2. The van der Waals surface area contributed by atoms with Gasteiger partial charge in [0.25, 0.3) is 0 Å². The lowest BCUT2D eigenvalue weighted by Gasteiger charge is -2.40. The first-order chi connectivity index (χ1) is 13.5. The molecule has 2 aromatic rings.